The molecule has 1 unspecified atom stereocenters. The van der Waals surface area contributed by atoms with Gasteiger partial charge in [-0.1, -0.05) is 32.0 Å². The molecule has 112 valence electrons. The maximum atomic E-state index is 12.4. The van der Waals surface area contributed by atoms with Gasteiger partial charge in [0.2, 0.25) is 0 Å². The first-order valence-electron chi connectivity index (χ1n) is 6.97. The summed E-state index contributed by atoms with van der Waals surface area (Å²) < 4.78 is 4.76. The Bertz CT molecular complexity index is 646. The number of aromatic amines is 1. The second-order valence-electron chi connectivity index (χ2n) is 5.43. The quantitative estimate of drug-likeness (QED) is 0.830. The summed E-state index contributed by atoms with van der Waals surface area (Å²) in [5.41, 5.74) is 1.42. The van der Waals surface area contributed by atoms with Crippen LogP contribution in [0.15, 0.2) is 30.5 Å². The lowest BCUT2D eigenvalue weighted by molar-refractivity contribution is -0.143. The van der Waals surface area contributed by atoms with E-state index in [-0.39, 0.29) is 11.8 Å². The number of hydrogen-bond acceptors (Lipinski definition) is 3. The van der Waals surface area contributed by atoms with Gasteiger partial charge in [0, 0.05) is 17.1 Å². The van der Waals surface area contributed by atoms with Crippen LogP contribution >= 0.6 is 0 Å². The molecule has 21 heavy (non-hydrogen) atoms. The van der Waals surface area contributed by atoms with Crippen LogP contribution in [0, 0.1) is 5.92 Å². The third kappa shape index (κ3) is 3.42. The zero-order chi connectivity index (χ0) is 15.4. The summed E-state index contributed by atoms with van der Waals surface area (Å²) in [5, 5.41) is 3.60. The third-order valence-electron chi connectivity index (χ3n) is 3.33. The van der Waals surface area contributed by atoms with Crippen LogP contribution in [0.2, 0.25) is 0 Å². The monoisotopic (exact) mass is 288 g/mol. The first-order valence-corrected chi connectivity index (χ1v) is 6.97. The van der Waals surface area contributed by atoms with Gasteiger partial charge in [-0.3, -0.25) is 4.79 Å². The van der Waals surface area contributed by atoms with E-state index in [0.717, 1.165) is 10.9 Å². The molecule has 2 aromatic rings. The molecule has 0 saturated heterocycles. The number of methoxy groups -OCH3 is 1. The van der Waals surface area contributed by atoms with Crippen LogP contribution < -0.4 is 5.32 Å². The number of carbonyl (C=O) groups is 2. The van der Waals surface area contributed by atoms with Crippen molar-refractivity contribution in [2.45, 2.75) is 26.3 Å². The van der Waals surface area contributed by atoms with Crippen LogP contribution in [-0.4, -0.2) is 30.0 Å². The number of amides is 1. The Morgan fingerprint density at radius 2 is 2.00 bits per heavy atom. The minimum atomic E-state index is -0.629. The van der Waals surface area contributed by atoms with Gasteiger partial charge in [-0.05, 0) is 18.4 Å². The fourth-order valence-electron chi connectivity index (χ4n) is 2.32. The summed E-state index contributed by atoms with van der Waals surface area (Å²) in [5.74, 6) is -0.419. The molecule has 1 amide bonds. The lowest BCUT2D eigenvalue weighted by Crippen LogP contribution is -2.42. The number of fused-ring (bicyclic) bond motifs is 1. The number of carbonyl (C=O) groups excluding carboxylic acids is 2. The number of hydrogen-bond donors (Lipinski definition) is 2. The Labute approximate surface area is 123 Å². The van der Waals surface area contributed by atoms with E-state index in [1.807, 2.05) is 38.1 Å². The fourth-order valence-corrected chi connectivity index (χ4v) is 2.32. The first-order chi connectivity index (χ1) is 10.0. The average molecular weight is 288 g/mol. The van der Waals surface area contributed by atoms with Crippen molar-refractivity contribution in [3.63, 3.8) is 0 Å². The lowest BCUT2D eigenvalue weighted by Gasteiger charge is -2.18. The minimum absolute atomic E-state index is 0.275. The molecule has 0 aliphatic heterocycles. The zero-order valence-corrected chi connectivity index (χ0v) is 12.5. The number of esters is 1. The van der Waals surface area contributed by atoms with E-state index in [2.05, 4.69) is 10.3 Å². The van der Waals surface area contributed by atoms with Crippen molar-refractivity contribution in [3.05, 3.63) is 36.0 Å². The molecule has 0 saturated carbocycles. The molecule has 1 atom stereocenters. The highest BCUT2D eigenvalue weighted by molar-refractivity contribution is 6.07. The molecule has 1 heterocycles. The predicted octanol–water partition coefficient (Wildman–Crippen LogP) is 2.49. The SMILES string of the molecule is COC(=O)C(CC(C)C)NC(=O)c1c[nH]c2ccccc12. The Morgan fingerprint density at radius 1 is 1.29 bits per heavy atom. The molecule has 0 aliphatic rings. The number of rotatable bonds is 5. The first kappa shape index (κ1) is 15.1. The molecule has 2 N–H and O–H groups in total. The predicted molar refractivity (Wildman–Crippen MR) is 81.0 cm³/mol. The van der Waals surface area contributed by atoms with Crippen molar-refractivity contribution in [1.82, 2.24) is 10.3 Å². The highest BCUT2D eigenvalue weighted by Gasteiger charge is 2.24. The fraction of sp³-hybridized carbons (Fsp3) is 0.375. The summed E-state index contributed by atoms with van der Waals surface area (Å²) in [4.78, 5) is 27.2. The molecule has 1 aromatic carbocycles. The van der Waals surface area contributed by atoms with Crippen LogP contribution in [0.4, 0.5) is 0 Å². The van der Waals surface area contributed by atoms with Crippen LogP contribution in [-0.2, 0) is 9.53 Å². The highest BCUT2D eigenvalue weighted by Crippen LogP contribution is 2.18. The number of H-pyrrole nitrogens is 1. The van der Waals surface area contributed by atoms with E-state index in [4.69, 9.17) is 4.74 Å². The van der Waals surface area contributed by atoms with Gasteiger partial charge >= 0.3 is 5.97 Å². The normalized spacial score (nSPS) is 12.4. The molecular weight excluding hydrogens is 268 g/mol. The number of para-hydroxylation sites is 1. The third-order valence-corrected chi connectivity index (χ3v) is 3.33. The molecule has 0 bridgehead atoms. The highest BCUT2D eigenvalue weighted by atomic mass is 16.5. The van der Waals surface area contributed by atoms with Crippen molar-refractivity contribution in [2.24, 2.45) is 5.92 Å². The van der Waals surface area contributed by atoms with E-state index in [1.54, 1.807) is 6.20 Å². The average Bonchev–Trinajstić information content (AvgIpc) is 2.89. The van der Waals surface area contributed by atoms with Crippen molar-refractivity contribution in [2.75, 3.05) is 7.11 Å². The van der Waals surface area contributed by atoms with E-state index < -0.39 is 12.0 Å². The minimum Gasteiger partial charge on any atom is -0.467 e. The summed E-state index contributed by atoms with van der Waals surface area (Å²) in [6, 6.07) is 6.92. The summed E-state index contributed by atoms with van der Waals surface area (Å²) in [7, 11) is 1.33. The molecule has 1 aromatic heterocycles. The Kier molecular flexibility index (Phi) is 4.62. The van der Waals surface area contributed by atoms with Gasteiger partial charge in [0.05, 0.1) is 12.7 Å². The van der Waals surface area contributed by atoms with E-state index in [9.17, 15) is 9.59 Å². The zero-order valence-electron chi connectivity index (χ0n) is 12.5. The Balaban J connectivity index is 2.20. The van der Waals surface area contributed by atoms with Gasteiger partial charge in [-0.2, -0.15) is 0 Å². The Hall–Kier alpha value is -2.30. The maximum Gasteiger partial charge on any atom is 0.328 e. The van der Waals surface area contributed by atoms with Crippen LogP contribution in [0.1, 0.15) is 30.6 Å². The Morgan fingerprint density at radius 3 is 2.67 bits per heavy atom. The summed E-state index contributed by atoms with van der Waals surface area (Å²) in [6.45, 7) is 3.99. The number of nitrogens with one attached hydrogen (secondary N) is 2. The van der Waals surface area contributed by atoms with Gasteiger partial charge < -0.3 is 15.0 Å². The second-order valence-corrected chi connectivity index (χ2v) is 5.43. The second kappa shape index (κ2) is 6.43. The van der Waals surface area contributed by atoms with Gasteiger partial charge in [0.15, 0.2) is 0 Å². The van der Waals surface area contributed by atoms with E-state index >= 15 is 0 Å². The smallest absolute Gasteiger partial charge is 0.328 e. The van der Waals surface area contributed by atoms with Crippen LogP contribution in [0.25, 0.3) is 10.9 Å². The van der Waals surface area contributed by atoms with Crippen LogP contribution in [0.3, 0.4) is 0 Å². The van der Waals surface area contributed by atoms with Crippen molar-refractivity contribution >= 4 is 22.8 Å². The molecule has 0 aliphatic carbocycles. The summed E-state index contributed by atoms with van der Waals surface area (Å²) in [6.07, 6.45) is 2.20. The molecule has 0 spiro atoms. The van der Waals surface area contributed by atoms with Crippen molar-refractivity contribution in [1.29, 1.82) is 0 Å². The number of aromatic nitrogens is 1. The van der Waals surface area contributed by atoms with Gasteiger partial charge in [-0.25, -0.2) is 4.79 Å². The van der Waals surface area contributed by atoms with E-state index in [1.165, 1.54) is 7.11 Å². The summed E-state index contributed by atoms with van der Waals surface area (Å²) >= 11 is 0. The molecule has 0 fully saturated rings. The number of benzene rings is 1. The maximum absolute atomic E-state index is 12.4. The number of ether oxygens (including phenoxy) is 1. The van der Waals surface area contributed by atoms with Gasteiger partial charge in [0.1, 0.15) is 6.04 Å². The van der Waals surface area contributed by atoms with Crippen molar-refractivity contribution in [3.8, 4) is 0 Å². The van der Waals surface area contributed by atoms with Gasteiger partial charge in [-0.15, -0.1) is 0 Å². The van der Waals surface area contributed by atoms with Gasteiger partial charge in [0.25, 0.3) is 5.91 Å². The standard InChI is InChI=1S/C16H20N2O3/c1-10(2)8-14(16(20)21-3)18-15(19)12-9-17-13-7-5-4-6-11(12)13/h4-7,9-10,14,17H,8H2,1-3H3,(H,18,19). The molecule has 0 radical (unpaired) electrons. The topological polar surface area (TPSA) is 71.2 Å². The van der Waals surface area contributed by atoms with E-state index in [0.29, 0.717) is 12.0 Å². The largest absolute Gasteiger partial charge is 0.467 e. The molecule has 2 rings (SSSR count). The molecule has 5 heteroatoms. The lowest BCUT2D eigenvalue weighted by atomic mass is 10.0. The molecular formula is C16H20N2O3. The van der Waals surface area contributed by atoms with Crippen molar-refractivity contribution < 1.29 is 14.3 Å². The molecule has 5 nitrogen and oxygen atoms in total. The van der Waals surface area contributed by atoms with Crippen LogP contribution in [0.5, 0.6) is 0 Å².